The minimum absolute atomic E-state index is 0.0291. The molecule has 0 radical (unpaired) electrons. The molecule has 4 nitrogen and oxygen atoms in total. The quantitative estimate of drug-likeness (QED) is 0.654. The number of nitrogens with one attached hydrogen (secondary N) is 1. The van der Waals surface area contributed by atoms with E-state index in [1.807, 2.05) is 35.8 Å². The van der Waals surface area contributed by atoms with Crippen LogP contribution in [-0.4, -0.2) is 40.1 Å². The van der Waals surface area contributed by atoms with Gasteiger partial charge in [-0.25, -0.2) is 4.39 Å². The number of aliphatic hydroxyl groups is 2. The van der Waals surface area contributed by atoms with E-state index < -0.39 is 6.10 Å². The second kappa shape index (κ2) is 6.66. The second-order valence-corrected chi connectivity index (χ2v) is 5.93. The third kappa shape index (κ3) is 3.22. The first-order valence-corrected chi connectivity index (χ1v) is 7.79. The number of halogens is 1. The lowest BCUT2D eigenvalue weighted by Gasteiger charge is -2.17. The van der Waals surface area contributed by atoms with Crippen molar-refractivity contribution < 1.29 is 14.6 Å². The van der Waals surface area contributed by atoms with Crippen LogP contribution < -0.4 is 5.32 Å². The summed E-state index contributed by atoms with van der Waals surface area (Å²) in [7, 11) is 0. The van der Waals surface area contributed by atoms with Crippen molar-refractivity contribution in [1.82, 2.24) is 9.88 Å². The van der Waals surface area contributed by atoms with Crippen LogP contribution in [0.5, 0.6) is 0 Å². The Hall–Kier alpha value is -1.95. The topological polar surface area (TPSA) is 57.4 Å². The Morgan fingerprint density at radius 1 is 1.13 bits per heavy atom. The third-order valence-corrected chi connectivity index (χ3v) is 4.10. The van der Waals surface area contributed by atoms with Crippen LogP contribution in [-0.2, 0) is 6.54 Å². The Labute approximate surface area is 134 Å². The summed E-state index contributed by atoms with van der Waals surface area (Å²) in [6, 6.07) is 12.5. The fourth-order valence-electron chi connectivity index (χ4n) is 2.90. The van der Waals surface area contributed by atoms with Gasteiger partial charge in [0, 0.05) is 34.4 Å². The maximum atomic E-state index is 13.6. The van der Waals surface area contributed by atoms with Crippen molar-refractivity contribution in [3.05, 3.63) is 48.3 Å². The predicted molar refractivity (Wildman–Crippen MR) is 90.0 cm³/mol. The molecule has 1 heterocycles. The van der Waals surface area contributed by atoms with Crippen molar-refractivity contribution in [1.29, 1.82) is 0 Å². The van der Waals surface area contributed by atoms with Gasteiger partial charge in [-0.05, 0) is 31.2 Å². The molecule has 0 bridgehead atoms. The van der Waals surface area contributed by atoms with E-state index in [0.717, 1.165) is 21.8 Å². The monoisotopic (exact) mass is 316 g/mol. The van der Waals surface area contributed by atoms with Crippen molar-refractivity contribution in [2.45, 2.75) is 25.6 Å². The van der Waals surface area contributed by atoms with E-state index in [1.165, 1.54) is 12.1 Å². The average Bonchev–Trinajstić information content (AvgIpc) is 2.86. The molecule has 2 atom stereocenters. The number of para-hydroxylation sites is 1. The van der Waals surface area contributed by atoms with Gasteiger partial charge in [-0.15, -0.1) is 0 Å². The molecule has 3 N–H and O–H groups in total. The smallest absolute Gasteiger partial charge is 0.123 e. The van der Waals surface area contributed by atoms with Gasteiger partial charge in [0.05, 0.1) is 19.3 Å². The van der Waals surface area contributed by atoms with Gasteiger partial charge in [0.25, 0.3) is 0 Å². The summed E-state index contributed by atoms with van der Waals surface area (Å²) in [4.78, 5) is 0. The van der Waals surface area contributed by atoms with Crippen molar-refractivity contribution in [2.24, 2.45) is 0 Å². The summed E-state index contributed by atoms with van der Waals surface area (Å²) >= 11 is 0. The van der Waals surface area contributed by atoms with Crippen LogP contribution in [0.4, 0.5) is 4.39 Å². The summed E-state index contributed by atoms with van der Waals surface area (Å²) in [5.74, 6) is -0.264. The number of hydrogen-bond acceptors (Lipinski definition) is 3. The molecule has 0 aliphatic heterocycles. The number of nitrogens with zero attached hydrogens (tertiary/aromatic N) is 1. The number of fused-ring (bicyclic) bond motifs is 3. The van der Waals surface area contributed by atoms with E-state index in [-0.39, 0.29) is 18.5 Å². The summed E-state index contributed by atoms with van der Waals surface area (Å²) in [5, 5.41) is 24.2. The first-order valence-electron chi connectivity index (χ1n) is 7.79. The normalized spacial score (nSPS) is 14.4. The highest BCUT2D eigenvalue weighted by molar-refractivity contribution is 6.08. The summed E-state index contributed by atoms with van der Waals surface area (Å²) in [6.07, 6.45) is -0.604. The van der Waals surface area contributed by atoms with Gasteiger partial charge in [-0.1, -0.05) is 18.2 Å². The van der Waals surface area contributed by atoms with Crippen LogP contribution in [0.1, 0.15) is 6.92 Å². The lowest BCUT2D eigenvalue weighted by molar-refractivity contribution is 0.144. The Bertz CT molecular complexity index is 815. The number of hydrogen-bond donors (Lipinski definition) is 3. The van der Waals surface area contributed by atoms with Crippen LogP contribution in [0.2, 0.25) is 0 Å². The molecule has 0 aliphatic carbocycles. The van der Waals surface area contributed by atoms with E-state index >= 15 is 0 Å². The zero-order valence-electron chi connectivity index (χ0n) is 13.0. The molecule has 3 rings (SSSR count). The molecule has 0 spiro atoms. The summed E-state index contributed by atoms with van der Waals surface area (Å²) < 4.78 is 15.6. The van der Waals surface area contributed by atoms with Gasteiger partial charge in [0.15, 0.2) is 0 Å². The zero-order chi connectivity index (χ0) is 16.4. The van der Waals surface area contributed by atoms with E-state index in [9.17, 15) is 9.50 Å². The maximum absolute atomic E-state index is 13.6. The largest absolute Gasteiger partial charge is 0.395 e. The van der Waals surface area contributed by atoms with Crippen molar-refractivity contribution >= 4 is 21.8 Å². The summed E-state index contributed by atoms with van der Waals surface area (Å²) in [6.45, 7) is 2.68. The number of aromatic nitrogens is 1. The standard InChI is InChI=1S/C18H21FN2O2/c1-12(11-22)20-9-14(23)10-21-17-5-3-2-4-15(17)16-8-13(19)6-7-18(16)21/h2-8,12,14,20,22-23H,9-11H2,1H3. The molecular formula is C18H21FN2O2. The SMILES string of the molecule is CC(CO)NCC(O)Cn1c2ccccc2c2cc(F)ccc21. The fourth-order valence-corrected chi connectivity index (χ4v) is 2.90. The Kier molecular flexibility index (Phi) is 4.61. The lowest BCUT2D eigenvalue weighted by Crippen LogP contribution is -2.37. The predicted octanol–water partition coefficient (Wildman–Crippen LogP) is 2.26. The van der Waals surface area contributed by atoms with Crippen LogP contribution in [0, 0.1) is 5.82 Å². The lowest BCUT2D eigenvalue weighted by atomic mass is 10.1. The molecule has 23 heavy (non-hydrogen) atoms. The first kappa shape index (κ1) is 15.9. The molecule has 0 saturated carbocycles. The third-order valence-electron chi connectivity index (χ3n) is 4.10. The molecule has 5 heteroatoms. The second-order valence-electron chi connectivity index (χ2n) is 5.93. The van der Waals surface area contributed by atoms with Crippen molar-refractivity contribution in [3.8, 4) is 0 Å². The van der Waals surface area contributed by atoms with Gasteiger partial charge in [-0.2, -0.15) is 0 Å². The van der Waals surface area contributed by atoms with Crippen LogP contribution >= 0.6 is 0 Å². The van der Waals surface area contributed by atoms with Gasteiger partial charge >= 0.3 is 0 Å². The molecule has 2 unspecified atom stereocenters. The van der Waals surface area contributed by atoms with Crippen LogP contribution in [0.15, 0.2) is 42.5 Å². The fraction of sp³-hybridized carbons (Fsp3) is 0.333. The molecule has 3 aromatic rings. The molecule has 2 aromatic carbocycles. The average molecular weight is 316 g/mol. The molecule has 0 saturated heterocycles. The Morgan fingerprint density at radius 3 is 2.65 bits per heavy atom. The molecule has 0 amide bonds. The number of rotatable bonds is 6. The van der Waals surface area contributed by atoms with Gasteiger partial charge in [0.2, 0.25) is 0 Å². The van der Waals surface area contributed by atoms with Gasteiger partial charge < -0.3 is 20.1 Å². The van der Waals surface area contributed by atoms with E-state index in [1.54, 1.807) is 6.07 Å². The Morgan fingerprint density at radius 2 is 1.87 bits per heavy atom. The summed E-state index contributed by atoms with van der Waals surface area (Å²) in [5.41, 5.74) is 1.88. The molecular weight excluding hydrogens is 295 g/mol. The van der Waals surface area contributed by atoms with E-state index in [2.05, 4.69) is 5.32 Å². The van der Waals surface area contributed by atoms with Gasteiger partial charge in [-0.3, -0.25) is 0 Å². The molecule has 0 aliphatic rings. The Balaban J connectivity index is 1.95. The van der Waals surface area contributed by atoms with E-state index in [0.29, 0.717) is 13.1 Å². The van der Waals surface area contributed by atoms with Crippen molar-refractivity contribution in [2.75, 3.05) is 13.2 Å². The number of benzene rings is 2. The van der Waals surface area contributed by atoms with Crippen LogP contribution in [0.3, 0.4) is 0 Å². The minimum Gasteiger partial charge on any atom is -0.395 e. The first-order chi connectivity index (χ1) is 11.1. The zero-order valence-corrected chi connectivity index (χ0v) is 13.0. The van der Waals surface area contributed by atoms with Gasteiger partial charge in [0.1, 0.15) is 5.82 Å². The highest BCUT2D eigenvalue weighted by Crippen LogP contribution is 2.29. The maximum Gasteiger partial charge on any atom is 0.123 e. The minimum atomic E-state index is -0.604. The highest BCUT2D eigenvalue weighted by atomic mass is 19.1. The van der Waals surface area contributed by atoms with Crippen LogP contribution in [0.25, 0.3) is 21.8 Å². The number of aliphatic hydroxyl groups excluding tert-OH is 2. The van der Waals surface area contributed by atoms with E-state index in [4.69, 9.17) is 5.11 Å². The molecule has 1 aromatic heterocycles. The van der Waals surface area contributed by atoms with Crippen molar-refractivity contribution in [3.63, 3.8) is 0 Å². The molecule has 122 valence electrons. The highest BCUT2D eigenvalue weighted by Gasteiger charge is 2.14. The molecule has 0 fully saturated rings.